The highest BCUT2D eigenvalue weighted by Crippen LogP contribution is 2.39. The van der Waals surface area contributed by atoms with Crippen LogP contribution in [-0.4, -0.2) is 53.5 Å². The Kier molecular flexibility index (Phi) is 6.59. The quantitative estimate of drug-likeness (QED) is 0.401. The minimum atomic E-state index is -0.768. The molecular weight excluding hydrogens is 482 g/mol. The molecule has 186 valence electrons. The van der Waals surface area contributed by atoms with E-state index < -0.39 is 11.6 Å². The molecule has 0 atom stereocenters. The number of hydrogen-bond donors (Lipinski definition) is 1. The number of fused-ring (bicyclic) bond motifs is 1. The van der Waals surface area contributed by atoms with Gasteiger partial charge in [0.2, 0.25) is 0 Å². The molecule has 0 aliphatic carbocycles. The average molecular weight is 509 g/mol. The molecule has 0 unspecified atom stereocenters. The fourth-order valence-corrected chi connectivity index (χ4v) is 5.87. The van der Waals surface area contributed by atoms with Crippen LogP contribution in [0.25, 0.3) is 15.9 Å². The van der Waals surface area contributed by atoms with Crippen molar-refractivity contribution in [3.05, 3.63) is 87.5 Å². The molecule has 6 nitrogen and oxygen atoms in total. The maximum absolute atomic E-state index is 14.6. The van der Waals surface area contributed by atoms with Crippen LogP contribution in [0, 0.1) is 11.6 Å². The van der Waals surface area contributed by atoms with Crippen LogP contribution >= 0.6 is 11.3 Å². The zero-order valence-electron chi connectivity index (χ0n) is 20.0. The number of benzene rings is 2. The topological polar surface area (TPSA) is 57.6 Å². The normalized spacial score (nSPS) is 14.5. The minimum absolute atomic E-state index is 0.0499. The molecule has 1 aliphatic rings. The number of rotatable bonds is 5. The summed E-state index contributed by atoms with van der Waals surface area (Å²) in [4.78, 5) is 31.6. The van der Waals surface area contributed by atoms with Gasteiger partial charge in [-0.3, -0.25) is 14.2 Å². The predicted octanol–water partition coefficient (Wildman–Crippen LogP) is 5.24. The molecule has 1 fully saturated rings. The van der Waals surface area contributed by atoms with Gasteiger partial charge >= 0.3 is 0 Å². The first-order valence-corrected chi connectivity index (χ1v) is 12.6. The third-order valence-electron chi connectivity index (χ3n) is 6.62. The van der Waals surface area contributed by atoms with E-state index >= 15 is 0 Å². The number of carbonyl (C=O) groups excluding carboxylic acids is 1. The van der Waals surface area contributed by atoms with Gasteiger partial charge in [-0.05, 0) is 57.3 Å². The maximum atomic E-state index is 14.6. The lowest BCUT2D eigenvalue weighted by Crippen LogP contribution is -2.44. The van der Waals surface area contributed by atoms with E-state index in [1.54, 1.807) is 10.6 Å². The van der Waals surface area contributed by atoms with Gasteiger partial charge < -0.3 is 15.1 Å². The van der Waals surface area contributed by atoms with Crippen molar-refractivity contribution < 1.29 is 13.6 Å². The number of aromatic nitrogens is 1. The van der Waals surface area contributed by atoms with Crippen LogP contribution in [0.2, 0.25) is 0 Å². The van der Waals surface area contributed by atoms with E-state index in [2.05, 4.69) is 10.2 Å². The summed E-state index contributed by atoms with van der Waals surface area (Å²) in [6.45, 7) is 1.21. The standard InChI is InChI=1S/C27H26F2N4O2S/c1-31(2)18-12-14-32(15-13-18)26(35)25-24(30-22-10-8-17(28)16-21(22)29)20-9-11-23(34)33(27(20)36-25)19-6-4-3-5-7-19/h3-11,16,18,30H,12-15H2,1-2H3. The van der Waals surface area contributed by atoms with E-state index in [-0.39, 0.29) is 17.2 Å². The first-order valence-electron chi connectivity index (χ1n) is 11.7. The fraction of sp³-hybridized carbons (Fsp3) is 0.259. The van der Waals surface area contributed by atoms with Gasteiger partial charge in [0.15, 0.2) is 0 Å². The van der Waals surface area contributed by atoms with Crippen molar-refractivity contribution in [1.82, 2.24) is 14.4 Å². The number of piperidine rings is 1. The van der Waals surface area contributed by atoms with Gasteiger partial charge in [0.1, 0.15) is 21.3 Å². The third-order valence-corrected chi connectivity index (χ3v) is 7.80. The number of carbonyl (C=O) groups is 1. The van der Waals surface area contributed by atoms with Crippen molar-refractivity contribution in [3.63, 3.8) is 0 Å². The molecule has 3 heterocycles. The number of nitrogens with zero attached hydrogens (tertiary/aromatic N) is 3. The summed E-state index contributed by atoms with van der Waals surface area (Å²) < 4.78 is 29.7. The fourth-order valence-electron chi connectivity index (χ4n) is 4.63. The molecule has 5 rings (SSSR count). The van der Waals surface area contributed by atoms with Crippen LogP contribution in [0.4, 0.5) is 20.2 Å². The second kappa shape index (κ2) is 9.83. The molecular formula is C27H26F2N4O2S. The largest absolute Gasteiger partial charge is 0.351 e. The number of para-hydroxylation sites is 1. The molecule has 1 saturated heterocycles. The van der Waals surface area contributed by atoms with E-state index in [4.69, 9.17) is 0 Å². The van der Waals surface area contributed by atoms with Gasteiger partial charge in [-0.2, -0.15) is 0 Å². The van der Waals surface area contributed by atoms with Gasteiger partial charge in [-0.15, -0.1) is 11.3 Å². The summed E-state index contributed by atoms with van der Waals surface area (Å²) >= 11 is 1.20. The number of thiophene rings is 1. The summed E-state index contributed by atoms with van der Waals surface area (Å²) in [7, 11) is 4.08. The van der Waals surface area contributed by atoms with Crippen molar-refractivity contribution >= 4 is 38.8 Å². The van der Waals surface area contributed by atoms with Gasteiger partial charge in [-0.1, -0.05) is 18.2 Å². The molecule has 0 saturated carbocycles. The van der Waals surface area contributed by atoms with Crippen LogP contribution < -0.4 is 10.9 Å². The minimum Gasteiger partial charge on any atom is -0.351 e. The molecule has 0 radical (unpaired) electrons. The molecule has 0 spiro atoms. The van der Waals surface area contributed by atoms with Crippen molar-refractivity contribution in [1.29, 1.82) is 0 Å². The van der Waals surface area contributed by atoms with E-state index in [0.717, 1.165) is 25.0 Å². The third kappa shape index (κ3) is 4.52. The smallest absolute Gasteiger partial charge is 0.266 e. The Hall–Kier alpha value is -3.56. The van der Waals surface area contributed by atoms with E-state index in [1.807, 2.05) is 49.3 Å². The van der Waals surface area contributed by atoms with Crippen LogP contribution in [0.1, 0.15) is 22.5 Å². The number of amides is 1. The molecule has 36 heavy (non-hydrogen) atoms. The van der Waals surface area contributed by atoms with Gasteiger partial charge in [0, 0.05) is 36.7 Å². The number of hydrogen-bond acceptors (Lipinski definition) is 5. The van der Waals surface area contributed by atoms with Crippen LogP contribution in [-0.2, 0) is 0 Å². The molecule has 1 amide bonds. The molecule has 9 heteroatoms. The zero-order valence-corrected chi connectivity index (χ0v) is 20.8. The highest BCUT2D eigenvalue weighted by atomic mass is 32.1. The lowest BCUT2D eigenvalue weighted by Gasteiger charge is -2.35. The molecule has 0 bridgehead atoms. The van der Waals surface area contributed by atoms with Crippen LogP contribution in [0.15, 0.2) is 65.5 Å². The number of nitrogens with one attached hydrogen (secondary N) is 1. The van der Waals surface area contributed by atoms with Gasteiger partial charge in [-0.25, -0.2) is 8.78 Å². The van der Waals surface area contributed by atoms with E-state index in [9.17, 15) is 18.4 Å². The highest BCUT2D eigenvalue weighted by molar-refractivity contribution is 7.21. The summed E-state index contributed by atoms with van der Waals surface area (Å²) in [5, 5.41) is 3.64. The van der Waals surface area contributed by atoms with Gasteiger partial charge in [0.05, 0.1) is 17.1 Å². The van der Waals surface area contributed by atoms with Crippen molar-refractivity contribution in [3.8, 4) is 5.69 Å². The molecule has 2 aromatic carbocycles. The molecule has 4 aromatic rings. The Bertz CT molecular complexity index is 1470. The Morgan fingerprint density at radius 2 is 1.75 bits per heavy atom. The maximum Gasteiger partial charge on any atom is 0.266 e. The average Bonchev–Trinajstić information content (AvgIpc) is 3.23. The van der Waals surface area contributed by atoms with Crippen LogP contribution in [0.3, 0.4) is 0 Å². The number of anilines is 2. The first-order chi connectivity index (χ1) is 17.3. The lowest BCUT2D eigenvalue weighted by molar-refractivity contribution is 0.0669. The van der Waals surface area contributed by atoms with Crippen molar-refractivity contribution in [2.75, 3.05) is 32.5 Å². The van der Waals surface area contributed by atoms with Crippen molar-refractivity contribution in [2.45, 2.75) is 18.9 Å². The number of likely N-dealkylation sites (tertiary alicyclic amines) is 1. The Balaban J connectivity index is 1.64. The van der Waals surface area contributed by atoms with E-state index in [0.29, 0.717) is 45.6 Å². The summed E-state index contributed by atoms with van der Waals surface area (Å²) in [6, 6.07) is 15.9. The monoisotopic (exact) mass is 508 g/mol. The van der Waals surface area contributed by atoms with E-state index in [1.165, 1.54) is 23.5 Å². The number of pyridine rings is 1. The second-order valence-electron chi connectivity index (χ2n) is 9.10. The second-order valence-corrected chi connectivity index (χ2v) is 10.1. The molecule has 2 aromatic heterocycles. The Labute approximate surface area is 211 Å². The first kappa shape index (κ1) is 24.1. The number of halogens is 2. The molecule has 1 aliphatic heterocycles. The summed E-state index contributed by atoms with van der Waals surface area (Å²) in [5.41, 5.74) is 0.888. The SMILES string of the molecule is CN(C)C1CCN(C(=O)c2sc3c(ccc(=O)n3-c3ccccc3)c2Nc2ccc(F)cc2F)CC1. The zero-order chi connectivity index (χ0) is 25.4. The highest BCUT2D eigenvalue weighted by Gasteiger charge is 2.29. The summed E-state index contributed by atoms with van der Waals surface area (Å²) in [5.74, 6) is -1.63. The Morgan fingerprint density at radius 1 is 1.03 bits per heavy atom. The summed E-state index contributed by atoms with van der Waals surface area (Å²) in [6.07, 6.45) is 1.71. The van der Waals surface area contributed by atoms with Gasteiger partial charge in [0.25, 0.3) is 11.5 Å². The van der Waals surface area contributed by atoms with Crippen molar-refractivity contribution in [2.24, 2.45) is 0 Å². The molecule has 1 N–H and O–H groups in total. The lowest BCUT2D eigenvalue weighted by atomic mass is 10.0. The Morgan fingerprint density at radius 3 is 2.42 bits per heavy atom. The van der Waals surface area contributed by atoms with Crippen LogP contribution in [0.5, 0.6) is 0 Å². The predicted molar refractivity (Wildman–Crippen MR) is 140 cm³/mol.